The van der Waals surface area contributed by atoms with E-state index in [0.29, 0.717) is 17.1 Å². The summed E-state index contributed by atoms with van der Waals surface area (Å²) in [5.74, 6) is 0.140. The van der Waals surface area contributed by atoms with Gasteiger partial charge in [0.05, 0.1) is 5.02 Å². The molecule has 4 nitrogen and oxygen atoms in total. The van der Waals surface area contributed by atoms with Gasteiger partial charge in [-0.15, -0.1) is 0 Å². The fourth-order valence-electron chi connectivity index (χ4n) is 4.28. The van der Waals surface area contributed by atoms with Crippen LogP contribution in [0.25, 0.3) is 0 Å². The highest BCUT2D eigenvalue weighted by Crippen LogP contribution is 2.28. The van der Waals surface area contributed by atoms with Gasteiger partial charge in [0.1, 0.15) is 5.75 Å². The minimum absolute atomic E-state index is 0.140. The molecule has 1 saturated heterocycles. The van der Waals surface area contributed by atoms with Crippen LogP contribution >= 0.6 is 11.6 Å². The van der Waals surface area contributed by atoms with Gasteiger partial charge in [-0.3, -0.25) is 9.80 Å². The molecule has 24 heavy (non-hydrogen) atoms. The van der Waals surface area contributed by atoms with Gasteiger partial charge in [0, 0.05) is 44.9 Å². The highest BCUT2D eigenvalue weighted by atomic mass is 35.5. The van der Waals surface area contributed by atoms with Gasteiger partial charge in [0.15, 0.2) is 0 Å². The van der Waals surface area contributed by atoms with Crippen LogP contribution in [0.2, 0.25) is 5.02 Å². The molecule has 0 amide bonds. The van der Waals surface area contributed by atoms with E-state index in [4.69, 9.17) is 11.6 Å². The molecule has 5 heteroatoms. The summed E-state index contributed by atoms with van der Waals surface area (Å²) in [4.78, 5) is 5.11. The second kappa shape index (κ2) is 8.52. The van der Waals surface area contributed by atoms with Crippen molar-refractivity contribution in [2.24, 2.45) is 0 Å². The van der Waals surface area contributed by atoms with Gasteiger partial charge >= 0.3 is 0 Å². The van der Waals surface area contributed by atoms with Crippen LogP contribution in [0.5, 0.6) is 5.75 Å². The molecule has 1 atom stereocenters. The number of phenols is 1. The van der Waals surface area contributed by atoms with E-state index in [1.54, 1.807) is 6.07 Å². The average molecular weight is 353 g/mol. The molecule has 1 aromatic carbocycles. The van der Waals surface area contributed by atoms with Crippen molar-refractivity contribution in [1.82, 2.24) is 9.80 Å². The molecule has 0 spiro atoms. The molecule has 2 fully saturated rings. The number of phenolic OH excluding ortho intramolecular Hbond substituents is 1. The van der Waals surface area contributed by atoms with Gasteiger partial charge < -0.3 is 10.2 Å². The Morgan fingerprint density at radius 3 is 2.62 bits per heavy atom. The monoisotopic (exact) mass is 352 g/mol. The predicted octanol–water partition coefficient (Wildman–Crippen LogP) is 3.25. The van der Waals surface area contributed by atoms with Crippen molar-refractivity contribution in [2.45, 2.75) is 57.2 Å². The van der Waals surface area contributed by atoms with Crippen molar-refractivity contribution < 1.29 is 10.2 Å². The molecule has 0 bridgehead atoms. The number of nitrogens with zero attached hydrogens (tertiary/aromatic N) is 2. The topological polar surface area (TPSA) is 46.9 Å². The number of hydrogen-bond donors (Lipinski definition) is 2. The smallest absolute Gasteiger partial charge is 0.134 e. The Morgan fingerprint density at radius 1 is 1.12 bits per heavy atom. The van der Waals surface area contributed by atoms with Crippen molar-refractivity contribution in [3.63, 3.8) is 0 Å². The minimum Gasteiger partial charge on any atom is -0.506 e. The maximum Gasteiger partial charge on any atom is 0.134 e. The van der Waals surface area contributed by atoms with E-state index in [1.165, 1.54) is 32.1 Å². The standard InChI is InChI=1S/C19H29ClN2O2/c20-18-12-15(6-7-19(18)24)13-21-9-10-22(17(14-21)8-11-23)16-4-2-1-3-5-16/h6-7,12,16-17,23-24H,1-5,8-11,13-14H2. The summed E-state index contributed by atoms with van der Waals surface area (Å²) in [5, 5.41) is 19.5. The SMILES string of the molecule is OCCC1CN(Cc2ccc(O)c(Cl)c2)CCN1C1CCCCC1. The molecule has 1 aromatic rings. The van der Waals surface area contributed by atoms with Crippen LogP contribution in [0.1, 0.15) is 44.1 Å². The third-order valence-electron chi connectivity index (χ3n) is 5.54. The lowest BCUT2D eigenvalue weighted by molar-refractivity contribution is 0.0137. The first kappa shape index (κ1) is 18.0. The Kier molecular flexibility index (Phi) is 6.39. The van der Waals surface area contributed by atoms with Crippen molar-refractivity contribution >= 4 is 11.6 Å². The Balaban J connectivity index is 1.62. The number of aromatic hydroxyl groups is 1. The maximum absolute atomic E-state index is 9.56. The number of benzene rings is 1. The summed E-state index contributed by atoms with van der Waals surface area (Å²) in [7, 11) is 0. The Bertz CT molecular complexity index is 534. The lowest BCUT2D eigenvalue weighted by Crippen LogP contribution is -2.56. The molecule has 1 aliphatic heterocycles. The first-order chi connectivity index (χ1) is 11.7. The third kappa shape index (κ3) is 4.42. The van der Waals surface area contributed by atoms with E-state index in [9.17, 15) is 10.2 Å². The first-order valence-corrected chi connectivity index (χ1v) is 9.61. The van der Waals surface area contributed by atoms with Crippen molar-refractivity contribution in [3.8, 4) is 5.75 Å². The number of hydrogen-bond acceptors (Lipinski definition) is 4. The number of aliphatic hydroxyl groups excluding tert-OH is 1. The van der Waals surface area contributed by atoms with Crippen molar-refractivity contribution in [1.29, 1.82) is 0 Å². The molecular formula is C19H29ClN2O2. The fourth-order valence-corrected chi connectivity index (χ4v) is 4.49. The van der Waals surface area contributed by atoms with E-state index >= 15 is 0 Å². The molecular weight excluding hydrogens is 324 g/mol. The van der Waals surface area contributed by atoms with Gasteiger partial charge in [-0.25, -0.2) is 0 Å². The lowest BCUT2D eigenvalue weighted by atomic mass is 9.91. The van der Waals surface area contributed by atoms with E-state index < -0.39 is 0 Å². The van der Waals surface area contributed by atoms with E-state index in [1.807, 2.05) is 12.1 Å². The maximum atomic E-state index is 9.56. The molecule has 0 aromatic heterocycles. The second-order valence-electron chi connectivity index (χ2n) is 7.22. The minimum atomic E-state index is 0.140. The molecule has 2 aliphatic rings. The van der Waals surface area contributed by atoms with E-state index in [-0.39, 0.29) is 12.4 Å². The van der Waals surface area contributed by atoms with Crippen LogP contribution in [0.3, 0.4) is 0 Å². The normalized spacial score (nSPS) is 24.3. The molecule has 134 valence electrons. The molecule has 3 rings (SSSR count). The molecule has 1 unspecified atom stereocenters. The van der Waals surface area contributed by atoms with Crippen molar-refractivity contribution in [2.75, 3.05) is 26.2 Å². The van der Waals surface area contributed by atoms with Gasteiger partial charge in [-0.2, -0.15) is 0 Å². The van der Waals surface area contributed by atoms with Crippen molar-refractivity contribution in [3.05, 3.63) is 28.8 Å². The molecule has 1 saturated carbocycles. The molecule has 1 aliphatic carbocycles. The van der Waals surface area contributed by atoms with Gasteiger partial charge in [-0.05, 0) is 37.0 Å². The highest BCUT2D eigenvalue weighted by Gasteiger charge is 2.32. The number of rotatable bonds is 5. The molecule has 1 heterocycles. The first-order valence-electron chi connectivity index (χ1n) is 9.23. The van der Waals surface area contributed by atoms with E-state index in [0.717, 1.165) is 38.2 Å². The zero-order chi connectivity index (χ0) is 16.9. The summed E-state index contributed by atoms with van der Waals surface area (Å²) in [6.07, 6.45) is 7.56. The quantitative estimate of drug-likeness (QED) is 0.854. The Hall–Kier alpha value is -0.810. The summed E-state index contributed by atoms with van der Waals surface area (Å²) < 4.78 is 0. The van der Waals surface area contributed by atoms with Gasteiger partial charge in [0.2, 0.25) is 0 Å². The van der Waals surface area contributed by atoms with E-state index in [2.05, 4.69) is 9.80 Å². The van der Waals surface area contributed by atoms with Crippen LogP contribution in [0.4, 0.5) is 0 Å². The summed E-state index contributed by atoms with van der Waals surface area (Å²) >= 11 is 6.02. The highest BCUT2D eigenvalue weighted by molar-refractivity contribution is 6.32. The Morgan fingerprint density at radius 2 is 1.92 bits per heavy atom. The Labute approximate surface area is 150 Å². The molecule has 2 N–H and O–H groups in total. The van der Waals surface area contributed by atoms with Crippen LogP contribution in [0.15, 0.2) is 18.2 Å². The predicted molar refractivity (Wildman–Crippen MR) is 97.5 cm³/mol. The second-order valence-corrected chi connectivity index (χ2v) is 7.62. The summed E-state index contributed by atoms with van der Waals surface area (Å²) in [6.45, 7) is 4.24. The van der Waals surface area contributed by atoms with Crippen LogP contribution in [-0.4, -0.2) is 58.3 Å². The van der Waals surface area contributed by atoms with Crippen LogP contribution < -0.4 is 0 Å². The van der Waals surface area contributed by atoms with Crippen LogP contribution in [0, 0.1) is 0 Å². The fraction of sp³-hybridized carbons (Fsp3) is 0.684. The zero-order valence-electron chi connectivity index (χ0n) is 14.3. The van der Waals surface area contributed by atoms with Crippen LogP contribution in [-0.2, 0) is 6.54 Å². The molecule has 0 radical (unpaired) electrons. The number of piperazine rings is 1. The lowest BCUT2D eigenvalue weighted by Gasteiger charge is -2.46. The van der Waals surface area contributed by atoms with Gasteiger partial charge in [0.25, 0.3) is 0 Å². The number of halogens is 1. The zero-order valence-corrected chi connectivity index (χ0v) is 15.1. The van der Waals surface area contributed by atoms with Gasteiger partial charge in [-0.1, -0.05) is 36.9 Å². The number of aliphatic hydroxyl groups is 1. The third-order valence-corrected chi connectivity index (χ3v) is 5.84. The summed E-state index contributed by atoms with van der Waals surface area (Å²) in [5.41, 5.74) is 1.13. The largest absolute Gasteiger partial charge is 0.506 e. The average Bonchev–Trinajstić information content (AvgIpc) is 2.60. The summed E-state index contributed by atoms with van der Waals surface area (Å²) in [6, 6.07) is 6.61.